The topological polar surface area (TPSA) is 85.8 Å². The van der Waals surface area contributed by atoms with Gasteiger partial charge in [-0.3, -0.25) is 9.78 Å². The zero-order valence-electron chi connectivity index (χ0n) is 13.7. The van der Waals surface area contributed by atoms with Crippen molar-refractivity contribution in [3.63, 3.8) is 0 Å². The Bertz CT molecular complexity index is 694. The molecule has 2 fully saturated rings. The van der Waals surface area contributed by atoms with Crippen LogP contribution in [0.5, 0.6) is 5.75 Å². The molecule has 8 heteroatoms. The number of pyridine rings is 1. The standard InChI is InChI=1S/C16H22N2O5S/c1-24(20,21)11-15(19)18-7-3-5-16(12-18)8-14(10-22-16)23-13-4-2-6-17-9-13/h2,4,6,9,14H,3,5,7-8,10-12H2,1H3/t14-,16+/m1/s1. The van der Waals surface area contributed by atoms with Crippen molar-refractivity contribution in [2.24, 2.45) is 0 Å². The molecule has 1 amide bonds. The van der Waals surface area contributed by atoms with E-state index in [0.29, 0.717) is 31.9 Å². The van der Waals surface area contributed by atoms with Gasteiger partial charge in [0, 0.05) is 32.0 Å². The Morgan fingerprint density at radius 3 is 3.08 bits per heavy atom. The average Bonchev–Trinajstić information content (AvgIpc) is 2.89. The fourth-order valence-electron chi connectivity index (χ4n) is 3.40. The lowest BCUT2D eigenvalue weighted by molar-refractivity contribution is -0.136. The van der Waals surface area contributed by atoms with Gasteiger partial charge in [-0.15, -0.1) is 0 Å². The fourth-order valence-corrected chi connectivity index (χ4v) is 4.03. The van der Waals surface area contributed by atoms with Crippen LogP contribution in [0.1, 0.15) is 19.3 Å². The molecule has 3 heterocycles. The Labute approximate surface area is 141 Å². The fraction of sp³-hybridized carbons (Fsp3) is 0.625. The number of hydrogen-bond acceptors (Lipinski definition) is 6. The first kappa shape index (κ1) is 17.2. The average molecular weight is 354 g/mol. The molecular formula is C16H22N2O5S. The molecule has 0 unspecified atom stereocenters. The predicted octanol–water partition coefficient (Wildman–Crippen LogP) is 0.655. The number of likely N-dealkylation sites (tertiary alicyclic amines) is 1. The number of piperidine rings is 1. The van der Waals surface area contributed by atoms with Gasteiger partial charge in [0.15, 0.2) is 9.84 Å². The Morgan fingerprint density at radius 2 is 2.38 bits per heavy atom. The number of nitrogens with zero attached hydrogens (tertiary/aromatic N) is 2. The summed E-state index contributed by atoms with van der Waals surface area (Å²) in [6.07, 6.45) is 6.68. The molecular weight excluding hydrogens is 332 g/mol. The first-order chi connectivity index (χ1) is 11.4. The highest BCUT2D eigenvalue weighted by molar-refractivity contribution is 7.91. The minimum absolute atomic E-state index is 0.0841. The molecule has 0 bridgehead atoms. The van der Waals surface area contributed by atoms with E-state index >= 15 is 0 Å². The Morgan fingerprint density at radius 1 is 1.54 bits per heavy atom. The van der Waals surface area contributed by atoms with E-state index in [2.05, 4.69) is 4.98 Å². The number of sulfone groups is 1. The third-order valence-electron chi connectivity index (χ3n) is 4.39. The Hall–Kier alpha value is -1.67. The number of hydrogen-bond donors (Lipinski definition) is 0. The van der Waals surface area contributed by atoms with E-state index in [-0.39, 0.29) is 12.0 Å². The second kappa shape index (κ2) is 6.68. The van der Waals surface area contributed by atoms with Crippen LogP contribution in [0.4, 0.5) is 0 Å². The van der Waals surface area contributed by atoms with Crippen LogP contribution in [0.3, 0.4) is 0 Å². The zero-order chi connectivity index (χ0) is 17.2. The molecule has 7 nitrogen and oxygen atoms in total. The normalized spacial score (nSPS) is 27.4. The molecule has 1 aromatic rings. The number of carbonyl (C=O) groups is 1. The third-order valence-corrected chi connectivity index (χ3v) is 5.16. The van der Waals surface area contributed by atoms with Crippen LogP contribution in [-0.2, 0) is 19.4 Å². The van der Waals surface area contributed by atoms with Crippen LogP contribution < -0.4 is 4.74 Å². The van der Waals surface area contributed by atoms with E-state index in [4.69, 9.17) is 9.47 Å². The van der Waals surface area contributed by atoms with Gasteiger partial charge in [0.2, 0.25) is 5.91 Å². The molecule has 0 N–H and O–H groups in total. The van der Waals surface area contributed by atoms with Gasteiger partial charge in [0.1, 0.15) is 17.6 Å². The highest BCUT2D eigenvalue weighted by atomic mass is 32.2. The van der Waals surface area contributed by atoms with Crippen molar-refractivity contribution < 1.29 is 22.7 Å². The summed E-state index contributed by atoms with van der Waals surface area (Å²) >= 11 is 0. The van der Waals surface area contributed by atoms with Crippen LogP contribution in [0, 0.1) is 0 Å². The summed E-state index contributed by atoms with van der Waals surface area (Å²) in [5.41, 5.74) is -0.432. The summed E-state index contributed by atoms with van der Waals surface area (Å²) in [6, 6.07) is 3.66. The Balaban J connectivity index is 1.61. The maximum atomic E-state index is 12.2. The van der Waals surface area contributed by atoms with Crippen molar-refractivity contribution in [2.45, 2.75) is 31.0 Å². The molecule has 2 aliphatic heterocycles. The summed E-state index contributed by atoms with van der Waals surface area (Å²) < 4.78 is 34.6. The molecule has 3 rings (SSSR count). The summed E-state index contributed by atoms with van der Waals surface area (Å²) in [5, 5.41) is 0. The number of aromatic nitrogens is 1. The van der Waals surface area contributed by atoms with Crippen LogP contribution in [0.15, 0.2) is 24.5 Å². The summed E-state index contributed by atoms with van der Waals surface area (Å²) in [5.74, 6) is -0.0978. The molecule has 1 aromatic heterocycles. The lowest BCUT2D eigenvalue weighted by Crippen LogP contribution is -2.51. The van der Waals surface area contributed by atoms with E-state index in [1.54, 1.807) is 17.3 Å². The quantitative estimate of drug-likeness (QED) is 0.789. The van der Waals surface area contributed by atoms with Gasteiger partial charge in [-0.1, -0.05) is 0 Å². The second-order valence-corrected chi connectivity index (χ2v) is 8.76. The van der Waals surface area contributed by atoms with Gasteiger partial charge in [0.25, 0.3) is 0 Å². The molecule has 0 saturated carbocycles. The van der Waals surface area contributed by atoms with Gasteiger partial charge < -0.3 is 14.4 Å². The highest BCUT2D eigenvalue weighted by Crippen LogP contribution is 2.36. The SMILES string of the molecule is CS(=O)(=O)CC(=O)N1CCC[C@]2(C[C@@H](Oc3cccnc3)CO2)C1. The van der Waals surface area contributed by atoms with Crippen LogP contribution in [0.2, 0.25) is 0 Å². The van der Waals surface area contributed by atoms with Crippen molar-refractivity contribution in [3.8, 4) is 5.75 Å². The van der Waals surface area contributed by atoms with Crippen molar-refractivity contribution in [1.29, 1.82) is 0 Å². The highest BCUT2D eigenvalue weighted by Gasteiger charge is 2.45. The molecule has 0 aliphatic carbocycles. The smallest absolute Gasteiger partial charge is 0.237 e. The predicted molar refractivity (Wildman–Crippen MR) is 87.5 cm³/mol. The molecule has 0 radical (unpaired) electrons. The maximum absolute atomic E-state index is 12.2. The lowest BCUT2D eigenvalue weighted by atomic mass is 9.89. The van der Waals surface area contributed by atoms with Gasteiger partial charge in [-0.25, -0.2) is 8.42 Å². The maximum Gasteiger partial charge on any atom is 0.237 e. The van der Waals surface area contributed by atoms with Crippen LogP contribution in [0.25, 0.3) is 0 Å². The molecule has 0 aromatic carbocycles. The molecule has 1 spiro atoms. The number of amides is 1. The summed E-state index contributed by atoms with van der Waals surface area (Å²) in [6.45, 7) is 1.46. The van der Waals surface area contributed by atoms with E-state index in [0.717, 1.165) is 19.1 Å². The van der Waals surface area contributed by atoms with Gasteiger partial charge >= 0.3 is 0 Å². The van der Waals surface area contributed by atoms with Crippen LogP contribution in [-0.4, -0.2) is 67.6 Å². The van der Waals surface area contributed by atoms with Crippen LogP contribution >= 0.6 is 0 Å². The minimum atomic E-state index is -3.32. The van der Waals surface area contributed by atoms with E-state index in [1.807, 2.05) is 12.1 Å². The zero-order valence-corrected chi connectivity index (χ0v) is 14.5. The largest absolute Gasteiger partial charge is 0.486 e. The lowest BCUT2D eigenvalue weighted by Gasteiger charge is -2.39. The number of ether oxygens (including phenoxy) is 2. The van der Waals surface area contributed by atoms with Crippen molar-refractivity contribution in [2.75, 3.05) is 31.7 Å². The Kier molecular flexibility index (Phi) is 4.78. The van der Waals surface area contributed by atoms with Crippen molar-refractivity contribution in [1.82, 2.24) is 9.88 Å². The van der Waals surface area contributed by atoms with Gasteiger partial charge in [0.05, 0.1) is 18.4 Å². The molecule has 132 valence electrons. The minimum Gasteiger partial charge on any atom is -0.486 e. The van der Waals surface area contributed by atoms with Crippen molar-refractivity contribution >= 4 is 15.7 Å². The first-order valence-electron chi connectivity index (χ1n) is 8.01. The molecule has 24 heavy (non-hydrogen) atoms. The summed E-state index contributed by atoms with van der Waals surface area (Å²) in [7, 11) is -3.32. The monoisotopic (exact) mass is 354 g/mol. The number of carbonyl (C=O) groups excluding carboxylic acids is 1. The first-order valence-corrected chi connectivity index (χ1v) is 10.1. The molecule has 2 saturated heterocycles. The van der Waals surface area contributed by atoms with E-state index in [9.17, 15) is 13.2 Å². The molecule has 2 aliphatic rings. The molecule has 2 atom stereocenters. The van der Waals surface area contributed by atoms with E-state index < -0.39 is 21.2 Å². The summed E-state index contributed by atoms with van der Waals surface area (Å²) in [4.78, 5) is 17.8. The van der Waals surface area contributed by atoms with Gasteiger partial charge in [-0.2, -0.15) is 0 Å². The second-order valence-electron chi connectivity index (χ2n) is 6.62. The van der Waals surface area contributed by atoms with Gasteiger partial charge in [-0.05, 0) is 25.0 Å². The third kappa shape index (κ3) is 4.24. The number of rotatable bonds is 4. The van der Waals surface area contributed by atoms with Crippen molar-refractivity contribution in [3.05, 3.63) is 24.5 Å². The van der Waals surface area contributed by atoms with E-state index in [1.165, 1.54) is 0 Å².